The largest absolute Gasteiger partial charge is 0.393 e. The number of nitrogen functional groups attached to an aromatic ring is 2. The highest BCUT2D eigenvalue weighted by Crippen LogP contribution is 2.37. The zero-order valence-electron chi connectivity index (χ0n) is 25.4. The van der Waals surface area contributed by atoms with E-state index in [0.717, 1.165) is 83.6 Å². The highest BCUT2D eigenvalue weighted by molar-refractivity contribution is 6.30. The van der Waals surface area contributed by atoms with Crippen molar-refractivity contribution in [3.05, 3.63) is 67.5 Å². The number of aryl methyl sites for hydroxylation is 4. The van der Waals surface area contributed by atoms with E-state index in [2.05, 4.69) is 20.2 Å². The van der Waals surface area contributed by atoms with Crippen LogP contribution in [0.1, 0.15) is 105 Å². The number of halogens is 2. The van der Waals surface area contributed by atoms with Crippen LogP contribution in [0.4, 0.5) is 11.6 Å². The van der Waals surface area contributed by atoms with Crippen molar-refractivity contribution in [2.24, 2.45) is 0 Å². The zero-order valence-corrected chi connectivity index (χ0v) is 26.9. The quantitative estimate of drug-likeness (QED) is 0.184. The van der Waals surface area contributed by atoms with Gasteiger partial charge in [0.05, 0.1) is 35.4 Å². The molecule has 244 valence electrons. The van der Waals surface area contributed by atoms with Crippen molar-refractivity contribution < 1.29 is 19.8 Å². The van der Waals surface area contributed by atoms with Crippen molar-refractivity contribution >= 4 is 46.7 Å². The minimum atomic E-state index is -0.401. The van der Waals surface area contributed by atoms with Gasteiger partial charge in [-0.05, 0) is 87.5 Å². The third kappa shape index (κ3) is 5.55. The number of H-pyrrole nitrogens is 2. The number of carbonyl (C=O) groups excluding carboxylic acids is 2. The molecule has 0 spiro atoms. The van der Waals surface area contributed by atoms with Crippen LogP contribution in [0.15, 0.2) is 12.1 Å². The normalized spacial score (nSPS) is 23.4. The molecule has 8 rings (SSSR count). The Labute approximate surface area is 275 Å². The number of hydrogen-bond acceptors (Lipinski definition) is 8. The number of hydrogen-bond donors (Lipinski definition) is 6. The van der Waals surface area contributed by atoms with E-state index in [0.29, 0.717) is 60.5 Å². The molecule has 0 radical (unpaired) electrons. The molecule has 0 aromatic carbocycles. The summed E-state index contributed by atoms with van der Waals surface area (Å²) in [5.41, 5.74) is 19.6. The highest BCUT2D eigenvalue weighted by Gasteiger charge is 2.35. The molecule has 0 saturated heterocycles. The number of fused-ring (bicyclic) bond motifs is 4. The Balaban J connectivity index is 0.000000147. The predicted octanol–water partition coefficient (Wildman–Crippen LogP) is 4.11. The molecular weight excluding hydrogens is 631 g/mol. The summed E-state index contributed by atoms with van der Waals surface area (Å²) >= 11 is 12.1. The molecule has 8 N–H and O–H groups in total. The third-order valence-electron chi connectivity index (χ3n) is 9.93. The Morgan fingerprint density at radius 2 is 1.13 bits per heavy atom. The summed E-state index contributed by atoms with van der Waals surface area (Å²) in [7, 11) is 0. The highest BCUT2D eigenvalue weighted by atomic mass is 35.5. The van der Waals surface area contributed by atoms with Crippen LogP contribution in [0.25, 0.3) is 0 Å². The van der Waals surface area contributed by atoms with Gasteiger partial charge >= 0.3 is 0 Å². The number of aliphatic hydroxyl groups is 2. The number of carbonyl (C=O) groups is 2. The fourth-order valence-electron chi connectivity index (χ4n) is 7.56. The van der Waals surface area contributed by atoms with Gasteiger partial charge in [-0.15, -0.1) is 0 Å². The zero-order chi connectivity index (χ0) is 32.3. The Kier molecular flexibility index (Phi) is 8.25. The second-order valence-corrected chi connectivity index (χ2v) is 13.7. The Hall–Kier alpha value is -3.58. The van der Waals surface area contributed by atoms with Crippen LogP contribution < -0.4 is 11.5 Å². The van der Waals surface area contributed by atoms with Gasteiger partial charge < -0.3 is 31.6 Å². The molecule has 0 unspecified atom stereocenters. The summed E-state index contributed by atoms with van der Waals surface area (Å²) in [5.74, 6) is -0.00632. The Morgan fingerprint density at radius 3 is 1.54 bits per heavy atom. The van der Waals surface area contributed by atoms with Crippen LogP contribution in [0.2, 0.25) is 10.3 Å². The lowest BCUT2D eigenvalue weighted by Crippen LogP contribution is -2.25. The molecule has 14 heteroatoms. The molecule has 0 aliphatic heterocycles. The van der Waals surface area contributed by atoms with E-state index in [4.69, 9.17) is 34.7 Å². The SMILES string of the molecule is Nc1c2c(nn1C(=O)[C@@H]1CCCc3[nH]c(Cl)cc31)CC[C@@H](O)C2.Nc1c2c(nn1C(=O)[C@H]1CCCc3[nH]c(Cl)cc31)CC[C@@H](O)C2. The molecule has 4 aliphatic rings. The summed E-state index contributed by atoms with van der Waals surface area (Å²) in [6, 6.07) is 3.67. The lowest BCUT2D eigenvalue weighted by Gasteiger charge is -2.21. The summed E-state index contributed by atoms with van der Waals surface area (Å²) in [5, 5.41) is 29.6. The van der Waals surface area contributed by atoms with E-state index in [1.807, 2.05) is 12.1 Å². The first-order valence-electron chi connectivity index (χ1n) is 16.0. The topological polar surface area (TPSA) is 194 Å². The fraction of sp³-hybridized carbons (Fsp3) is 0.500. The average Bonchev–Trinajstić information content (AvgIpc) is 3.79. The van der Waals surface area contributed by atoms with Crippen LogP contribution in [-0.4, -0.2) is 63.8 Å². The minimum absolute atomic E-state index is 0.108. The second kappa shape index (κ2) is 12.2. The van der Waals surface area contributed by atoms with Gasteiger partial charge in [0, 0.05) is 35.4 Å². The summed E-state index contributed by atoms with van der Waals surface area (Å²) < 4.78 is 2.67. The van der Waals surface area contributed by atoms with E-state index in [1.54, 1.807) is 0 Å². The number of anilines is 2. The molecule has 0 fully saturated rings. The van der Waals surface area contributed by atoms with Crippen molar-refractivity contribution in [1.29, 1.82) is 0 Å². The van der Waals surface area contributed by atoms with Crippen molar-refractivity contribution in [3.63, 3.8) is 0 Å². The van der Waals surface area contributed by atoms with E-state index < -0.39 is 12.2 Å². The Bertz CT molecular complexity index is 1690. The summed E-state index contributed by atoms with van der Waals surface area (Å²) in [6.07, 6.45) is 8.01. The van der Waals surface area contributed by atoms with Crippen molar-refractivity contribution in [3.8, 4) is 0 Å². The number of nitrogens with two attached hydrogens (primary N) is 2. The van der Waals surface area contributed by atoms with E-state index in [9.17, 15) is 19.8 Å². The van der Waals surface area contributed by atoms with Gasteiger partial charge in [0.15, 0.2) is 0 Å². The molecule has 0 amide bonds. The molecular formula is C32H38Cl2N8O4. The lowest BCUT2D eigenvalue weighted by molar-refractivity contribution is 0.0846. The maximum absolute atomic E-state index is 13.0. The van der Waals surface area contributed by atoms with Crippen molar-refractivity contribution in [1.82, 2.24) is 29.5 Å². The van der Waals surface area contributed by atoms with Crippen molar-refractivity contribution in [2.45, 2.75) is 101 Å². The van der Waals surface area contributed by atoms with Crippen LogP contribution in [-0.2, 0) is 38.5 Å². The van der Waals surface area contributed by atoms with E-state index in [1.165, 1.54) is 9.36 Å². The van der Waals surface area contributed by atoms with Crippen molar-refractivity contribution in [2.75, 3.05) is 11.5 Å². The standard InChI is InChI=1S/2C16H19ClN4O2/c2*17-14-7-10-9(2-1-3-12(10)19-14)16(23)21-15(18)11-6-8(22)4-5-13(11)20-21/h2*7-9,19,22H,1-6,18H2/t8-,9+;8-,9-/m11/s1. The first kappa shape index (κ1) is 31.0. The van der Waals surface area contributed by atoms with Gasteiger partial charge in [0.25, 0.3) is 11.8 Å². The van der Waals surface area contributed by atoms with Crippen LogP contribution in [0.3, 0.4) is 0 Å². The lowest BCUT2D eigenvalue weighted by atomic mass is 9.86. The number of aromatic nitrogens is 6. The first-order chi connectivity index (χ1) is 22.1. The summed E-state index contributed by atoms with van der Waals surface area (Å²) in [4.78, 5) is 32.2. The van der Waals surface area contributed by atoms with Crippen LogP contribution >= 0.6 is 23.2 Å². The smallest absolute Gasteiger partial charge is 0.256 e. The second-order valence-electron chi connectivity index (χ2n) is 12.9. The first-order valence-corrected chi connectivity index (χ1v) is 16.8. The van der Waals surface area contributed by atoms with Gasteiger partial charge in [-0.25, -0.2) is 0 Å². The molecule has 4 aromatic heterocycles. The number of nitrogens with one attached hydrogen (secondary N) is 2. The maximum Gasteiger partial charge on any atom is 0.256 e. The number of nitrogens with zero attached hydrogens (tertiary/aromatic N) is 4. The van der Waals surface area contributed by atoms with Gasteiger partial charge in [-0.2, -0.15) is 19.6 Å². The number of aliphatic hydroxyl groups excluding tert-OH is 2. The summed E-state index contributed by atoms with van der Waals surface area (Å²) in [6.45, 7) is 0. The van der Waals surface area contributed by atoms with Crippen LogP contribution in [0.5, 0.6) is 0 Å². The molecule has 46 heavy (non-hydrogen) atoms. The molecule has 0 saturated carbocycles. The molecule has 4 heterocycles. The van der Waals surface area contributed by atoms with Gasteiger partial charge in [0.1, 0.15) is 21.9 Å². The monoisotopic (exact) mass is 668 g/mol. The maximum atomic E-state index is 13.0. The number of rotatable bonds is 2. The average molecular weight is 670 g/mol. The minimum Gasteiger partial charge on any atom is -0.393 e. The van der Waals surface area contributed by atoms with Gasteiger partial charge in [-0.1, -0.05) is 23.2 Å². The van der Waals surface area contributed by atoms with Gasteiger partial charge in [-0.3, -0.25) is 9.59 Å². The molecule has 4 aliphatic carbocycles. The number of aromatic amines is 2. The molecule has 4 aromatic rings. The third-order valence-corrected chi connectivity index (χ3v) is 10.3. The van der Waals surface area contributed by atoms with E-state index >= 15 is 0 Å². The predicted molar refractivity (Wildman–Crippen MR) is 174 cm³/mol. The van der Waals surface area contributed by atoms with Crippen LogP contribution in [0, 0.1) is 0 Å². The van der Waals surface area contributed by atoms with E-state index in [-0.39, 0.29) is 23.7 Å². The molecule has 0 bridgehead atoms. The molecule has 4 atom stereocenters. The Morgan fingerprint density at radius 1 is 0.717 bits per heavy atom. The molecule has 12 nitrogen and oxygen atoms in total. The van der Waals surface area contributed by atoms with Gasteiger partial charge in [0.2, 0.25) is 0 Å². The fourth-order valence-corrected chi connectivity index (χ4v) is 8.02.